The maximum Gasteiger partial charge on any atom is 0.262 e. The normalized spacial score (nSPS) is 22.1. The summed E-state index contributed by atoms with van der Waals surface area (Å²) in [4.78, 5) is 4.09. The fraction of sp³-hybridized carbons (Fsp3) is 0.625. The Morgan fingerprint density at radius 3 is 2.68 bits per heavy atom. The van der Waals surface area contributed by atoms with E-state index >= 15 is 0 Å². The number of aliphatic hydroxyl groups excluding tert-OH is 1. The highest BCUT2D eigenvalue weighted by molar-refractivity contribution is 7.89. The Kier molecular flexibility index (Phi) is 4.99. The molecule has 3 heterocycles. The van der Waals surface area contributed by atoms with Crippen molar-refractivity contribution in [2.75, 3.05) is 19.7 Å². The van der Waals surface area contributed by atoms with Gasteiger partial charge in [0.15, 0.2) is 5.03 Å². The number of hydrogen-bond donors (Lipinski definition) is 1. The second kappa shape index (κ2) is 6.89. The quantitative estimate of drug-likeness (QED) is 0.810. The van der Waals surface area contributed by atoms with Crippen LogP contribution in [0.4, 0.5) is 0 Å². The van der Waals surface area contributed by atoms with Crippen molar-refractivity contribution in [2.45, 2.75) is 31.3 Å². The van der Waals surface area contributed by atoms with E-state index in [0.29, 0.717) is 12.5 Å². The van der Waals surface area contributed by atoms with E-state index in [1.165, 1.54) is 4.31 Å². The summed E-state index contributed by atoms with van der Waals surface area (Å²) in [5.41, 5.74) is 0.949. The zero-order chi connectivity index (χ0) is 18.2. The molecule has 1 N–H and O–H groups in total. The first-order valence-corrected chi connectivity index (χ1v) is 9.86. The van der Waals surface area contributed by atoms with E-state index < -0.39 is 10.0 Å². The average molecular weight is 367 g/mol. The standard InChI is InChI=1S/C16H25N5O3S/c1-12(2)5-20-9-16(17-11-20)25(23,24)21-7-14(10-22)15(8-21)13-4-18-19(3)6-13/h4,6,9,11-12,14-15,22H,5,7-8,10H2,1-3H3/t14-,15-/m0/s1. The van der Waals surface area contributed by atoms with E-state index in [1.807, 2.05) is 13.2 Å². The number of nitrogens with zero attached hydrogens (tertiary/aromatic N) is 5. The molecule has 0 saturated carbocycles. The topological polar surface area (TPSA) is 93.2 Å². The summed E-state index contributed by atoms with van der Waals surface area (Å²) in [6, 6.07) is 0. The van der Waals surface area contributed by atoms with Crippen molar-refractivity contribution in [3.63, 3.8) is 0 Å². The van der Waals surface area contributed by atoms with Crippen LogP contribution in [0.3, 0.4) is 0 Å². The molecule has 9 heteroatoms. The van der Waals surface area contributed by atoms with Gasteiger partial charge in [0, 0.05) is 57.5 Å². The van der Waals surface area contributed by atoms with Crippen molar-refractivity contribution >= 4 is 10.0 Å². The van der Waals surface area contributed by atoms with E-state index in [4.69, 9.17) is 0 Å². The Balaban J connectivity index is 1.82. The molecule has 0 spiro atoms. The van der Waals surface area contributed by atoms with Crippen LogP contribution in [0.5, 0.6) is 0 Å². The molecule has 2 aromatic heterocycles. The summed E-state index contributed by atoms with van der Waals surface area (Å²) in [6.45, 7) is 5.41. The van der Waals surface area contributed by atoms with Gasteiger partial charge < -0.3 is 9.67 Å². The van der Waals surface area contributed by atoms with Crippen LogP contribution in [0.15, 0.2) is 29.9 Å². The van der Waals surface area contributed by atoms with Crippen LogP contribution >= 0.6 is 0 Å². The largest absolute Gasteiger partial charge is 0.396 e. The predicted molar refractivity (Wildman–Crippen MR) is 92.3 cm³/mol. The Morgan fingerprint density at radius 1 is 1.32 bits per heavy atom. The molecule has 3 rings (SSSR count). The van der Waals surface area contributed by atoms with Crippen LogP contribution in [-0.4, -0.2) is 56.9 Å². The molecule has 0 radical (unpaired) electrons. The molecule has 25 heavy (non-hydrogen) atoms. The number of hydrogen-bond acceptors (Lipinski definition) is 5. The van der Waals surface area contributed by atoms with Crippen LogP contribution in [0.1, 0.15) is 25.3 Å². The van der Waals surface area contributed by atoms with Gasteiger partial charge in [0.2, 0.25) is 0 Å². The number of imidazole rings is 1. The zero-order valence-electron chi connectivity index (χ0n) is 14.8. The number of rotatable bonds is 6. The van der Waals surface area contributed by atoms with Gasteiger partial charge in [-0.2, -0.15) is 9.40 Å². The minimum atomic E-state index is -3.67. The summed E-state index contributed by atoms with van der Waals surface area (Å²) in [5.74, 6) is 0.202. The van der Waals surface area contributed by atoms with Crippen LogP contribution in [0, 0.1) is 11.8 Å². The van der Waals surface area contributed by atoms with E-state index in [0.717, 1.165) is 12.1 Å². The van der Waals surface area contributed by atoms with Gasteiger partial charge in [-0.05, 0) is 11.5 Å². The number of sulfonamides is 1. The maximum atomic E-state index is 12.9. The lowest BCUT2D eigenvalue weighted by Gasteiger charge is -2.14. The van der Waals surface area contributed by atoms with Gasteiger partial charge in [0.25, 0.3) is 10.0 Å². The Bertz CT molecular complexity index is 826. The molecule has 2 atom stereocenters. The third kappa shape index (κ3) is 3.63. The van der Waals surface area contributed by atoms with Gasteiger partial charge in [-0.15, -0.1) is 0 Å². The number of aryl methyl sites for hydroxylation is 1. The summed E-state index contributed by atoms with van der Waals surface area (Å²) in [7, 11) is -1.85. The highest BCUT2D eigenvalue weighted by Gasteiger charge is 2.41. The first kappa shape index (κ1) is 18.1. The third-order valence-electron chi connectivity index (χ3n) is 4.58. The van der Waals surface area contributed by atoms with Gasteiger partial charge in [-0.25, -0.2) is 13.4 Å². The van der Waals surface area contributed by atoms with Crippen molar-refractivity contribution in [3.05, 3.63) is 30.5 Å². The smallest absolute Gasteiger partial charge is 0.262 e. The van der Waals surface area contributed by atoms with Gasteiger partial charge in [0.1, 0.15) is 0 Å². The molecule has 0 unspecified atom stereocenters. The highest BCUT2D eigenvalue weighted by atomic mass is 32.2. The minimum absolute atomic E-state index is 0.0621. The molecule has 1 saturated heterocycles. The molecule has 0 aromatic carbocycles. The van der Waals surface area contributed by atoms with E-state index in [1.54, 1.807) is 28.0 Å². The summed E-state index contributed by atoms with van der Waals surface area (Å²) in [6.07, 6.45) is 6.76. The van der Waals surface area contributed by atoms with Crippen LogP contribution < -0.4 is 0 Å². The van der Waals surface area contributed by atoms with Crippen LogP contribution in [0.2, 0.25) is 0 Å². The van der Waals surface area contributed by atoms with Crippen molar-refractivity contribution < 1.29 is 13.5 Å². The van der Waals surface area contributed by atoms with Crippen molar-refractivity contribution in [3.8, 4) is 0 Å². The molecule has 8 nitrogen and oxygen atoms in total. The minimum Gasteiger partial charge on any atom is -0.396 e. The Morgan fingerprint density at radius 2 is 2.08 bits per heavy atom. The predicted octanol–water partition coefficient (Wildman–Crippen LogP) is 0.669. The average Bonchev–Trinajstić information content (AvgIpc) is 3.24. The lowest BCUT2D eigenvalue weighted by atomic mass is 9.92. The van der Waals surface area contributed by atoms with Crippen LogP contribution in [-0.2, 0) is 23.6 Å². The highest BCUT2D eigenvalue weighted by Crippen LogP contribution is 2.35. The molecule has 0 aliphatic carbocycles. The van der Waals surface area contributed by atoms with Gasteiger partial charge in [-0.3, -0.25) is 4.68 Å². The third-order valence-corrected chi connectivity index (χ3v) is 6.30. The van der Waals surface area contributed by atoms with Gasteiger partial charge in [-0.1, -0.05) is 13.8 Å². The summed E-state index contributed by atoms with van der Waals surface area (Å²) in [5, 5.41) is 13.9. The molecule has 1 aliphatic rings. The maximum absolute atomic E-state index is 12.9. The van der Waals surface area contributed by atoms with Crippen molar-refractivity contribution in [1.82, 2.24) is 23.6 Å². The second-order valence-corrected chi connectivity index (χ2v) is 9.01. The van der Waals surface area contributed by atoms with Gasteiger partial charge >= 0.3 is 0 Å². The van der Waals surface area contributed by atoms with E-state index in [9.17, 15) is 13.5 Å². The Hall–Kier alpha value is -1.71. The van der Waals surface area contributed by atoms with Crippen molar-refractivity contribution in [2.24, 2.45) is 18.9 Å². The summed E-state index contributed by atoms with van der Waals surface area (Å²) < 4.78 is 30.8. The molecule has 138 valence electrons. The SMILES string of the molecule is CC(C)Cn1cnc(S(=O)(=O)N2C[C@@H](CO)[C@H](c3cnn(C)c3)C2)c1. The zero-order valence-corrected chi connectivity index (χ0v) is 15.6. The first-order valence-electron chi connectivity index (χ1n) is 8.42. The molecule has 0 amide bonds. The van der Waals surface area contributed by atoms with E-state index in [-0.39, 0.29) is 30.0 Å². The molecule has 2 aromatic rings. The monoisotopic (exact) mass is 367 g/mol. The molecule has 1 fully saturated rings. The fourth-order valence-electron chi connectivity index (χ4n) is 3.35. The Labute approximate surface area is 148 Å². The number of aliphatic hydroxyl groups is 1. The van der Waals surface area contributed by atoms with Crippen molar-refractivity contribution in [1.29, 1.82) is 0 Å². The van der Waals surface area contributed by atoms with Gasteiger partial charge in [0.05, 0.1) is 12.5 Å². The van der Waals surface area contributed by atoms with E-state index in [2.05, 4.69) is 23.9 Å². The molecule has 1 aliphatic heterocycles. The molecular weight excluding hydrogens is 342 g/mol. The first-order chi connectivity index (χ1) is 11.8. The second-order valence-electron chi connectivity index (χ2n) is 7.12. The molecule has 0 bridgehead atoms. The summed E-state index contributed by atoms with van der Waals surface area (Å²) >= 11 is 0. The molecular formula is C16H25N5O3S. The lowest BCUT2D eigenvalue weighted by Crippen LogP contribution is -2.29. The lowest BCUT2D eigenvalue weighted by molar-refractivity contribution is 0.223. The fourth-order valence-corrected chi connectivity index (χ4v) is 4.81. The number of aromatic nitrogens is 4. The van der Waals surface area contributed by atoms with Crippen LogP contribution in [0.25, 0.3) is 0 Å².